The molecule has 5 aromatic rings. The fourth-order valence-corrected chi connectivity index (χ4v) is 5.56. The van der Waals surface area contributed by atoms with Gasteiger partial charge in [0, 0.05) is 40.8 Å². The lowest BCUT2D eigenvalue weighted by Gasteiger charge is -2.30. The van der Waals surface area contributed by atoms with E-state index >= 15 is 0 Å². The zero-order valence-electron chi connectivity index (χ0n) is 26.2. The summed E-state index contributed by atoms with van der Waals surface area (Å²) in [5.41, 5.74) is 16.2. The lowest BCUT2D eigenvalue weighted by atomic mass is 10.0. The summed E-state index contributed by atoms with van der Waals surface area (Å²) >= 11 is 5.86. The highest BCUT2D eigenvalue weighted by Gasteiger charge is 2.17. The van der Waals surface area contributed by atoms with Crippen LogP contribution in [0.5, 0.6) is 11.5 Å². The molecule has 1 amide bonds. The van der Waals surface area contributed by atoms with Crippen molar-refractivity contribution in [2.45, 2.75) is 39.3 Å². The molecule has 0 unspecified atom stereocenters. The Morgan fingerprint density at radius 3 is 2.57 bits per heavy atom. The number of fused-ring (bicyclic) bond motifs is 3. The Balaban J connectivity index is 0.000000175. The summed E-state index contributed by atoms with van der Waals surface area (Å²) in [6.07, 6.45) is 4.00. The fraction of sp³-hybridized carbons (Fsp3) is 0.294. The quantitative estimate of drug-likeness (QED) is 0.160. The number of pyridine rings is 1. The third-order valence-electron chi connectivity index (χ3n) is 7.74. The molecule has 240 valence electrons. The number of nitrogens with one attached hydrogen (secondary N) is 2. The van der Waals surface area contributed by atoms with E-state index < -0.39 is 5.91 Å². The van der Waals surface area contributed by atoms with Crippen molar-refractivity contribution < 1.29 is 14.3 Å². The van der Waals surface area contributed by atoms with E-state index in [9.17, 15) is 4.79 Å². The number of anilines is 3. The monoisotopic (exact) mass is 642 g/mol. The number of nitrogens with zero attached hydrogens (tertiary/aromatic N) is 4. The Morgan fingerprint density at radius 2 is 1.78 bits per heavy atom. The normalized spacial score (nSPS) is 14.2. The molecule has 0 radical (unpaired) electrons. The van der Waals surface area contributed by atoms with Gasteiger partial charge in [0.2, 0.25) is 18.0 Å². The van der Waals surface area contributed by atoms with Crippen molar-refractivity contribution in [2.75, 3.05) is 43.3 Å². The van der Waals surface area contributed by atoms with Crippen LogP contribution in [0.15, 0.2) is 66.9 Å². The van der Waals surface area contributed by atoms with Crippen LogP contribution in [0.4, 0.5) is 17.2 Å². The van der Waals surface area contributed by atoms with Crippen molar-refractivity contribution >= 4 is 56.5 Å². The van der Waals surface area contributed by atoms with Crippen LogP contribution in [0.2, 0.25) is 5.28 Å². The van der Waals surface area contributed by atoms with Gasteiger partial charge in [-0.2, -0.15) is 0 Å². The molecule has 2 aromatic heterocycles. The van der Waals surface area contributed by atoms with E-state index in [0.29, 0.717) is 24.0 Å². The number of hydrogen-bond donors (Lipinski definition) is 4. The van der Waals surface area contributed by atoms with Gasteiger partial charge in [-0.1, -0.05) is 26.0 Å². The highest BCUT2D eigenvalue weighted by atomic mass is 35.5. The molecule has 12 heteroatoms. The minimum atomic E-state index is -0.463. The molecule has 4 heterocycles. The standard InChI is InChI=1S/C18H15N3O3.C14H18ClN5.C2H6/c19-18(22)13-4-5-14(17-12(13)2-1-7-20-17)21-9-11-3-6-15-16(8-11)24-10-23-15;1-20-6-4-9(5-7-20)17-10-2-3-11-12(8-10)18-14(15)19-13(11)16;1-2/h1-8,21H,9-10H2,(H2,19,22);2-3,8-9,17H,4-7H2,1H3,(H2,16,18,19);1-2H3. The van der Waals surface area contributed by atoms with Crippen LogP contribution in [0.3, 0.4) is 0 Å². The number of benzene rings is 3. The number of rotatable bonds is 6. The zero-order chi connectivity index (χ0) is 32.6. The third kappa shape index (κ3) is 7.67. The number of ether oxygens (including phenoxy) is 2. The molecule has 2 aliphatic heterocycles. The lowest BCUT2D eigenvalue weighted by molar-refractivity contribution is 0.100. The van der Waals surface area contributed by atoms with Gasteiger partial charge < -0.3 is 36.5 Å². The van der Waals surface area contributed by atoms with Crippen LogP contribution in [0, 0.1) is 0 Å². The van der Waals surface area contributed by atoms with E-state index in [1.54, 1.807) is 18.3 Å². The Bertz CT molecular complexity index is 1830. The third-order valence-corrected chi connectivity index (χ3v) is 7.91. The van der Waals surface area contributed by atoms with Crippen LogP contribution in [-0.4, -0.2) is 58.7 Å². The molecule has 1 saturated heterocycles. The molecule has 0 bridgehead atoms. The summed E-state index contributed by atoms with van der Waals surface area (Å²) in [5.74, 6) is 1.47. The minimum absolute atomic E-state index is 0.187. The van der Waals surface area contributed by atoms with Crippen LogP contribution in [-0.2, 0) is 6.54 Å². The number of nitrogen functional groups attached to an aromatic ring is 1. The topological polar surface area (TPSA) is 154 Å². The SMILES string of the molecule is CC.CN1CCC(Nc2ccc3c(N)nc(Cl)nc3c2)CC1.NC(=O)c1ccc(NCc2ccc3c(c2)OCO3)c2ncccc12. The first-order chi connectivity index (χ1) is 22.3. The van der Waals surface area contributed by atoms with E-state index in [-0.39, 0.29) is 12.1 Å². The van der Waals surface area contributed by atoms with Gasteiger partial charge in [0.05, 0.1) is 16.7 Å². The van der Waals surface area contributed by atoms with Crippen molar-refractivity contribution in [1.82, 2.24) is 19.9 Å². The van der Waals surface area contributed by atoms with Crippen molar-refractivity contribution in [2.24, 2.45) is 5.73 Å². The molecule has 6 N–H and O–H groups in total. The molecular formula is C34H39ClN8O3. The van der Waals surface area contributed by atoms with Gasteiger partial charge in [0.25, 0.3) is 0 Å². The van der Waals surface area contributed by atoms with E-state index in [1.165, 1.54) is 0 Å². The van der Waals surface area contributed by atoms with E-state index in [0.717, 1.165) is 76.2 Å². The molecule has 3 aromatic carbocycles. The first-order valence-corrected chi connectivity index (χ1v) is 15.7. The Hall–Kier alpha value is -4.87. The summed E-state index contributed by atoms with van der Waals surface area (Å²) in [4.78, 5) is 26.5. The molecule has 0 aliphatic carbocycles. The Kier molecular flexibility index (Phi) is 10.6. The second kappa shape index (κ2) is 14.9. The van der Waals surface area contributed by atoms with Gasteiger partial charge in [-0.15, -0.1) is 0 Å². The number of hydrogen-bond acceptors (Lipinski definition) is 10. The first kappa shape index (κ1) is 32.5. The molecular weight excluding hydrogens is 604 g/mol. The fourth-order valence-electron chi connectivity index (χ4n) is 5.38. The summed E-state index contributed by atoms with van der Waals surface area (Å²) in [5, 5.41) is 8.67. The molecule has 2 aliphatic rings. The number of amides is 1. The first-order valence-electron chi connectivity index (χ1n) is 15.3. The molecule has 0 spiro atoms. The molecule has 7 rings (SSSR count). The molecule has 0 saturated carbocycles. The number of likely N-dealkylation sites (tertiary alicyclic amines) is 1. The highest BCUT2D eigenvalue weighted by Crippen LogP contribution is 2.33. The molecule has 1 fully saturated rings. The number of piperidine rings is 1. The summed E-state index contributed by atoms with van der Waals surface area (Å²) in [6, 6.07) is 19.5. The largest absolute Gasteiger partial charge is 0.454 e. The van der Waals surface area contributed by atoms with Gasteiger partial charge in [-0.3, -0.25) is 9.78 Å². The summed E-state index contributed by atoms with van der Waals surface area (Å²) < 4.78 is 10.7. The van der Waals surface area contributed by atoms with Crippen molar-refractivity contribution in [3.63, 3.8) is 0 Å². The number of halogens is 1. The predicted octanol–water partition coefficient (Wildman–Crippen LogP) is 6.07. The highest BCUT2D eigenvalue weighted by molar-refractivity contribution is 6.28. The Labute approximate surface area is 273 Å². The summed E-state index contributed by atoms with van der Waals surface area (Å²) in [6.45, 7) is 7.12. The maximum absolute atomic E-state index is 11.6. The number of nitrogens with two attached hydrogens (primary N) is 2. The molecule has 46 heavy (non-hydrogen) atoms. The van der Waals surface area contributed by atoms with Crippen LogP contribution < -0.4 is 31.6 Å². The van der Waals surface area contributed by atoms with Crippen molar-refractivity contribution in [3.8, 4) is 11.5 Å². The van der Waals surface area contributed by atoms with E-state index in [1.807, 2.05) is 62.4 Å². The second-order valence-electron chi connectivity index (χ2n) is 10.8. The number of carbonyl (C=O) groups is 1. The molecule has 11 nitrogen and oxygen atoms in total. The van der Waals surface area contributed by atoms with Crippen LogP contribution in [0.25, 0.3) is 21.8 Å². The average molecular weight is 643 g/mol. The number of carbonyl (C=O) groups excluding carboxylic acids is 1. The number of primary amides is 1. The van der Waals surface area contributed by atoms with Gasteiger partial charge >= 0.3 is 0 Å². The number of aromatic nitrogens is 3. The van der Waals surface area contributed by atoms with Crippen molar-refractivity contribution in [1.29, 1.82) is 0 Å². The summed E-state index contributed by atoms with van der Waals surface area (Å²) in [7, 11) is 2.16. The predicted molar refractivity (Wildman–Crippen MR) is 185 cm³/mol. The molecule has 0 atom stereocenters. The smallest absolute Gasteiger partial charge is 0.249 e. The van der Waals surface area contributed by atoms with Crippen LogP contribution in [0.1, 0.15) is 42.6 Å². The van der Waals surface area contributed by atoms with E-state index in [4.69, 9.17) is 32.5 Å². The second-order valence-corrected chi connectivity index (χ2v) is 11.1. The maximum atomic E-state index is 11.6. The average Bonchev–Trinajstić information content (AvgIpc) is 3.54. The van der Waals surface area contributed by atoms with Gasteiger partial charge in [0.1, 0.15) is 5.82 Å². The van der Waals surface area contributed by atoms with Gasteiger partial charge in [0.15, 0.2) is 11.5 Å². The zero-order valence-corrected chi connectivity index (χ0v) is 27.0. The van der Waals surface area contributed by atoms with Gasteiger partial charge in [-0.05, 0) is 98.7 Å². The van der Waals surface area contributed by atoms with Crippen molar-refractivity contribution in [3.05, 3.63) is 83.3 Å². The van der Waals surface area contributed by atoms with E-state index in [2.05, 4.69) is 37.5 Å². The lowest BCUT2D eigenvalue weighted by Crippen LogP contribution is -2.36. The van der Waals surface area contributed by atoms with Gasteiger partial charge in [-0.25, -0.2) is 9.97 Å². The maximum Gasteiger partial charge on any atom is 0.249 e. The minimum Gasteiger partial charge on any atom is -0.454 e. The Morgan fingerprint density at radius 1 is 1.00 bits per heavy atom. The van der Waals surface area contributed by atoms with Crippen LogP contribution >= 0.6 is 11.6 Å².